The van der Waals surface area contributed by atoms with Crippen molar-refractivity contribution in [1.29, 1.82) is 0 Å². The topological polar surface area (TPSA) is 46.1 Å². The third-order valence-corrected chi connectivity index (χ3v) is 3.77. The Morgan fingerprint density at radius 2 is 2.00 bits per heavy atom. The standard InChI is InChI=1S/C16H22FN3O/c1-11-13-10-12(17)6-7-14(13)20(3)15(11)16(21)19-9-5-4-8-18-2/h6-7,10,18H,4-5,8-9H2,1-3H3,(H,19,21). The fourth-order valence-electron chi connectivity index (χ4n) is 2.64. The molecule has 4 nitrogen and oxygen atoms in total. The molecule has 0 spiro atoms. The molecule has 1 heterocycles. The van der Waals surface area contributed by atoms with Crippen LogP contribution in [-0.2, 0) is 7.05 Å². The molecule has 1 amide bonds. The molecule has 1 aromatic carbocycles. The number of amides is 1. The van der Waals surface area contributed by atoms with Gasteiger partial charge in [0, 0.05) is 24.5 Å². The minimum Gasteiger partial charge on any atom is -0.351 e. The number of aryl methyl sites for hydroxylation is 2. The average Bonchev–Trinajstić information content (AvgIpc) is 2.70. The number of halogens is 1. The molecule has 2 aromatic rings. The molecule has 21 heavy (non-hydrogen) atoms. The molecule has 0 bridgehead atoms. The van der Waals surface area contributed by atoms with E-state index < -0.39 is 0 Å². The number of nitrogens with zero attached hydrogens (tertiary/aromatic N) is 1. The third-order valence-electron chi connectivity index (χ3n) is 3.77. The lowest BCUT2D eigenvalue weighted by Gasteiger charge is -2.07. The van der Waals surface area contributed by atoms with Gasteiger partial charge in [0.15, 0.2) is 0 Å². The zero-order valence-electron chi connectivity index (χ0n) is 12.8. The summed E-state index contributed by atoms with van der Waals surface area (Å²) < 4.78 is 15.2. The first kappa shape index (κ1) is 15.5. The molecule has 1 aromatic heterocycles. The Morgan fingerprint density at radius 1 is 1.29 bits per heavy atom. The first-order valence-electron chi connectivity index (χ1n) is 7.23. The van der Waals surface area contributed by atoms with Gasteiger partial charge in [0.1, 0.15) is 11.5 Å². The number of nitrogens with one attached hydrogen (secondary N) is 2. The Bertz CT molecular complexity index is 648. The largest absolute Gasteiger partial charge is 0.351 e. The van der Waals surface area contributed by atoms with E-state index in [4.69, 9.17) is 0 Å². The molecule has 0 radical (unpaired) electrons. The summed E-state index contributed by atoms with van der Waals surface area (Å²) in [4.78, 5) is 12.3. The molecule has 114 valence electrons. The predicted molar refractivity (Wildman–Crippen MR) is 83.1 cm³/mol. The Kier molecular flexibility index (Phi) is 4.96. The maximum atomic E-state index is 13.4. The Labute approximate surface area is 124 Å². The molecule has 0 aliphatic carbocycles. The number of unbranched alkanes of at least 4 members (excludes halogenated alkanes) is 1. The Morgan fingerprint density at radius 3 is 2.71 bits per heavy atom. The Hall–Kier alpha value is -1.88. The molecule has 0 unspecified atom stereocenters. The van der Waals surface area contributed by atoms with Crippen molar-refractivity contribution in [3.63, 3.8) is 0 Å². The van der Waals surface area contributed by atoms with Crippen LogP contribution in [0.25, 0.3) is 10.9 Å². The van der Waals surface area contributed by atoms with Crippen LogP contribution in [0.15, 0.2) is 18.2 Å². The molecular weight excluding hydrogens is 269 g/mol. The van der Waals surface area contributed by atoms with Crippen molar-refractivity contribution in [1.82, 2.24) is 15.2 Å². The zero-order valence-corrected chi connectivity index (χ0v) is 12.8. The molecule has 0 aliphatic rings. The van der Waals surface area contributed by atoms with Crippen LogP contribution < -0.4 is 10.6 Å². The van der Waals surface area contributed by atoms with Gasteiger partial charge in [-0.3, -0.25) is 4.79 Å². The molecule has 2 N–H and O–H groups in total. The summed E-state index contributed by atoms with van der Waals surface area (Å²) in [6.07, 6.45) is 1.96. The van der Waals surface area contributed by atoms with Crippen LogP contribution in [0, 0.1) is 12.7 Å². The number of aromatic nitrogens is 1. The quantitative estimate of drug-likeness (QED) is 0.803. The summed E-state index contributed by atoms with van der Waals surface area (Å²) in [5, 5.41) is 6.80. The fourth-order valence-corrected chi connectivity index (χ4v) is 2.64. The first-order chi connectivity index (χ1) is 10.1. The van der Waals surface area contributed by atoms with Gasteiger partial charge >= 0.3 is 0 Å². The summed E-state index contributed by atoms with van der Waals surface area (Å²) in [5.41, 5.74) is 2.29. The smallest absolute Gasteiger partial charge is 0.268 e. The summed E-state index contributed by atoms with van der Waals surface area (Å²) in [5.74, 6) is -0.383. The zero-order chi connectivity index (χ0) is 15.4. The van der Waals surface area contributed by atoms with Gasteiger partial charge < -0.3 is 15.2 Å². The second-order valence-corrected chi connectivity index (χ2v) is 5.26. The summed E-state index contributed by atoms with van der Waals surface area (Å²) >= 11 is 0. The number of carbonyl (C=O) groups excluding carboxylic acids is 1. The van der Waals surface area contributed by atoms with Crippen molar-refractivity contribution in [2.45, 2.75) is 19.8 Å². The van der Waals surface area contributed by atoms with Crippen molar-refractivity contribution in [2.24, 2.45) is 7.05 Å². The lowest BCUT2D eigenvalue weighted by molar-refractivity contribution is 0.0944. The van der Waals surface area contributed by atoms with Gasteiger partial charge in [0.25, 0.3) is 5.91 Å². The van der Waals surface area contributed by atoms with Gasteiger partial charge in [-0.25, -0.2) is 4.39 Å². The van der Waals surface area contributed by atoms with Gasteiger partial charge in [-0.05, 0) is 57.1 Å². The molecule has 0 saturated carbocycles. The normalized spacial score (nSPS) is 11.0. The summed E-state index contributed by atoms with van der Waals surface area (Å²) in [7, 11) is 3.75. The minimum atomic E-state index is -0.282. The van der Waals surface area contributed by atoms with Crippen molar-refractivity contribution in [3.05, 3.63) is 35.3 Å². The van der Waals surface area contributed by atoms with E-state index in [9.17, 15) is 9.18 Å². The van der Waals surface area contributed by atoms with E-state index >= 15 is 0 Å². The molecule has 0 fully saturated rings. The highest BCUT2D eigenvalue weighted by Crippen LogP contribution is 2.25. The number of hydrogen-bond donors (Lipinski definition) is 2. The second-order valence-electron chi connectivity index (χ2n) is 5.26. The highest BCUT2D eigenvalue weighted by Gasteiger charge is 2.18. The first-order valence-corrected chi connectivity index (χ1v) is 7.23. The van der Waals surface area contributed by atoms with Gasteiger partial charge in [-0.1, -0.05) is 0 Å². The maximum absolute atomic E-state index is 13.4. The summed E-state index contributed by atoms with van der Waals surface area (Å²) in [6.45, 7) is 3.45. The van der Waals surface area contributed by atoms with Gasteiger partial charge in [-0.15, -0.1) is 0 Å². The number of hydrogen-bond acceptors (Lipinski definition) is 2. The van der Waals surface area contributed by atoms with E-state index in [0.29, 0.717) is 12.2 Å². The van der Waals surface area contributed by atoms with Gasteiger partial charge in [-0.2, -0.15) is 0 Å². The molecule has 0 saturated heterocycles. The highest BCUT2D eigenvalue weighted by atomic mass is 19.1. The molecule has 2 rings (SSSR count). The lowest BCUT2D eigenvalue weighted by atomic mass is 10.1. The molecule has 0 atom stereocenters. The van der Waals surface area contributed by atoms with Crippen molar-refractivity contribution >= 4 is 16.8 Å². The van der Waals surface area contributed by atoms with Crippen LogP contribution >= 0.6 is 0 Å². The number of rotatable bonds is 6. The van der Waals surface area contributed by atoms with Crippen LogP contribution in [0.5, 0.6) is 0 Å². The van der Waals surface area contributed by atoms with Crippen LogP contribution in [0.3, 0.4) is 0 Å². The van der Waals surface area contributed by atoms with E-state index in [-0.39, 0.29) is 11.7 Å². The van der Waals surface area contributed by atoms with Crippen molar-refractivity contribution in [2.75, 3.05) is 20.1 Å². The van der Waals surface area contributed by atoms with Crippen molar-refractivity contribution in [3.8, 4) is 0 Å². The van der Waals surface area contributed by atoms with Crippen LogP contribution in [-0.4, -0.2) is 30.6 Å². The average molecular weight is 291 g/mol. The highest BCUT2D eigenvalue weighted by molar-refractivity contribution is 6.01. The van der Waals surface area contributed by atoms with E-state index in [2.05, 4.69) is 10.6 Å². The number of carbonyl (C=O) groups is 1. The number of fused-ring (bicyclic) bond motifs is 1. The Balaban J connectivity index is 2.16. The van der Waals surface area contributed by atoms with Gasteiger partial charge in [0.05, 0.1) is 0 Å². The van der Waals surface area contributed by atoms with Crippen LogP contribution in [0.4, 0.5) is 4.39 Å². The van der Waals surface area contributed by atoms with E-state index in [1.165, 1.54) is 12.1 Å². The third kappa shape index (κ3) is 3.24. The van der Waals surface area contributed by atoms with E-state index in [1.54, 1.807) is 6.07 Å². The second kappa shape index (κ2) is 6.72. The monoisotopic (exact) mass is 291 g/mol. The SMILES string of the molecule is CNCCCCNC(=O)c1c(C)c2cc(F)ccc2n1C. The van der Waals surface area contributed by atoms with Crippen molar-refractivity contribution < 1.29 is 9.18 Å². The van der Waals surface area contributed by atoms with E-state index in [1.807, 2.05) is 25.6 Å². The van der Waals surface area contributed by atoms with Gasteiger partial charge in [0.2, 0.25) is 0 Å². The summed E-state index contributed by atoms with van der Waals surface area (Å²) in [6, 6.07) is 4.61. The molecule has 0 aliphatic heterocycles. The maximum Gasteiger partial charge on any atom is 0.268 e. The predicted octanol–water partition coefficient (Wildman–Crippen LogP) is 2.36. The van der Waals surface area contributed by atoms with Crippen LogP contribution in [0.2, 0.25) is 0 Å². The lowest BCUT2D eigenvalue weighted by Crippen LogP contribution is -2.27. The van der Waals surface area contributed by atoms with E-state index in [0.717, 1.165) is 35.9 Å². The van der Waals surface area contributed by atoms with Crippen LogP contribution in [0.1, 0.15) is 28.9 Å². The fraction of sp³-hybridized carbons (Fsp3) is 0.438. The molecule has 5 heteroatoms. The number of benzene rings is 1. The molecular formula is C16H22FN3O. The minimum absolute atomic E-state index is 0.101.